The number of carbonyl (C=O) groups is 1. The van der Waals surface area contributed by atoms with Crippen molar-refractivity contribution in [2.24, 2.45) is 0 Å². The van der Waals surface area contributed by atoms with Gasteiger partial charge in [0.2, 0.25) is 0 Å². The van der Waals surface area contributed by atoms with E-state index in [0.717, 1.165) is 17.1 Å². The topological polar surface area (TPSA) is 78.4 Å². The Balaban J connectivity index is 1.59. The predicted octanol–water partition coefficient (Wildman–Crippen LogP) is 1.53. The van der Waals surface area contributed by atoms with E-state index in [9.17, 15) is 9.90 Å². The number of aryl methyl sites for hydroxylation is 2. The highest BCUT2D eigenvalue weighted by atomic mass is 32.1. The number of hydrogen-bond acceptors (Lipinski definition) is 6. The molecule has 2 aromatic heterocycles. The van der Waals surface area contributed by atoms with Crippen LogP contribution in [0.2, 0.25) is 0 Å². The highest BCUT2D eigenvalue weighted by Crippen LogP contribution is 2.25. The van der Waals surface area contributed by atoms with E-state index in [-0.39, 0.29) is 12.5 Å². The van der Waals surface area contributed by atoms with E-state index in [0.29, 0.717) is 24.4 Å². The number of nitrogens with zero attached hydrogens (tertiary/aromatic N) is 3. The largest absolute Gasteiger partial charge is 0.386 e. The Hall–Kier alpha value is -1.99. The van der Waals surface area contributed by atoms with Crippen molar-refractivity contribution in [3.05, 3.63) is 40.0 Å². The molecule has 0 saturated carbocycles. The van der Waals surface area contributed by atoms with Gasteiger partial charge in [0, 0.05) is 31.4 Å². The van der Waals surface area contributed by atoms with Crippen molar-refractivity contribution in [2.75, 3.05) is 24.5 Å². The summed E-state index contributed by atoms with van der Waals surface area (Å²) in [6, 6.07) is 3.76. The first-order valence-electron chi connectivity index (χ1n) is 7.54. The fourth-order valence-corrected chi connectivity index (χ4v) is 3.51. The van der Waals surface area contributed by atoms with E-state index < -0.39 is 5.60 Å². The summed E-state index contributed by atoms with van der Waals surface area (Å²) in [5, 5.41) is 15.5. The minimum Gasteiger partial charge on any atom is -0.386 e. The van der Waals surface area contributed by atoms with Crippen molar-refractivity contribution >= 4 is 23.1 Å². The molecule has 2 aromatic rings. The average molecular weight is 332 g/mol. The number of aromatic nitrogens is 2. The van der Waals surface area contributed by atoms with Crippen molar-refractivity contribution in [1.29, 1.82) is 0 Å². The molecular weight excluding hydrogens is 312 g/mol. The predicted molar refractivity (Wildman–Crippen MR) is 89.9 cm³/mol. The van der Waals surface area contributed by atoms with Gasteiger partial charge in [-0.05, 0) is 37.3 Å². The van der Waals surface area contributed by atoms with E-state index >= 15 is 0 Å². The molecule has 3 rings (SSSR count). The van der Waals surface area contributed by atoms with Crippen LogP contribution in [0.5, 0.6) is 0 Å². The summed E-state index contributed by atoms with van der Waals surface area (Å²) < 4.78 is 0. The summed E-state index contributed by atoms with van der Waals surface area (Å²) >= 11 is 1.42. The first kappa shape index (κ1) is 15.9. The van der Waals surface area contributed by atoms with Gasteiger partial charge in [0.25, 0.3) is 5.91 Å². The van der Waals surface area contributed by atoms with Crippen molar-refractivity contribution in [2.45, 2.75) is 25.9 Å². The first-order valence-corrected chi connectivity index (χ1v) is 8.42. The summed E-state index contributed by atoms with van der Waals surface area (Å²) in [6.07, 6.45) is 2.13. The van der Waals surface area contributed by atoms with E-state index in [1.165, 1.54) is 17.7 Å². The fourth-order valence-electron chi connectivity index (χ4n) is 2.69. The van der Waals surface area contributed by atoms with Crippen LogP contribution in [0.25, 0.3) is 0 Å². The van der Waals surface area contributed by atoms with Crippen LogP contribution in [0.3, 0.4) is 0 Å². The molecule has 0 bridgehead atoms. The summed E-state index contributed by atoms with van der Waals surface area (Å²) in [5.74, 6) is 0.682. The highest BCUT2D eigenvalue weighted by molar-refractivity contribution is 7.12. The number of hydrogen-bond donors (Lipinski definition) is 2. The lowest BCUT2D eigenvalue weighted by atomic mass is 10.0. The molecule has 7 heteroatoms. The maximum Gasteiger partial charge on any atom is 0.261 e. The number of β-amino-alcohol motifs (C(OH)–C–C–N with tert-alkyl or cyclic N) is 1. The Morgan fingerprint density at radius 1 is 1.43 bits per heavy atom. The molecule has 1 fully saturated rings. The second-order valence-electron chi connectivity index (χ2n) is 6.08. The third-order valence-corrected chi connectivity index (χ3v) is 5.02. The maximum absolute atomic E-state index is 12.1. The van der Waals surface area contributed by atoms with Gasteiger partial charge in [0.05, 0.1) is 4.88 Å². The Kier molecular flexibility index (Phi) is 4.32. The lowest BCUT2D eigenvalue weighted by molar-refractivity contribution is 0.0577. The van der Waals surface area contributed by atoms with Gasteiger partial charge in [0.1, 0.15) is 17.7 Å². The lowest BCUT2D eigenvalue weighted by Crippen LogP contribution is -2.45. The van der Waals surface area contributed by atoms with E-state index in [1.54, 1.807) is 0 Å². The molecule has 0 radical (unpaired) electrons. The molecule has 0 aliphatic carbocycles. The van der Waals surface area contributed by atoms with Crippen molar-refractivity contribution < 1.29 is 9.90 Å². The fraction of sp³-hybridized carbons (Fsp3) is 0.438. The Bertz CT molecular complexity index is 718. The van der Waals surface area contributed by atoms with Gasteiger partial charge in [-0.25, -0.2) is 9.97 Å². The Morgan fingerprint density at radius 2 is 2.26 bits per heavy atom. The molecule has 1 saturated heterocycles. The van der Waals surface area contributed by atoms with Crippen LogP contribution in [-0.4, -0.2) is 46.2 Å². The van der Waals surface area contributed by atoms with Crippen molar-refractivity contribution in [1.82, 2.24) is 15.3 Å². The van der Waals surface area contributed by atoms with Crippen LogP contribution in [-0.2, 0) is 0 Å². The minimum atomic E-state index is -0.930. The molecule has 1 unspecified atom stereocenters. The number of carbonyl (C=O) groups excluding carboxylic acids is 1. The van der Waals surface area contributed by atoms with Crippen LogP contribution in [0.1, 0.15) is 27.3 Å². The Labute approximate surface area is 139 Å². The molecule has 0 spiro atoms. The zero-order chi connectivity index (χ0) is 16.4. The third-order valence-electron chi connectivity index (χ3n) is 3.98. The van der Waals surface area contributed by atoms with Crippen LogP contribution in [0.4, 0.5) is 5.82 Å². The highest BCUT2D eigenvalue weighted by Gasteiger charge is 2.37. The molecule has 1 amide bonds. The molecule has 6 nitrogen and oxygen atoms in total. The van der Waals surface area contributed by atoms with Crippen LogP contribution in [0, 0.1) is 13.8 Å². The molecule has 3 heterocycles. The van der Waals surface area contributed by atoms with Gasteiger partial charge >= 0.3 is 0 Å². The molecule has 0 aromatic carbocycles. The maximum atomic E-state index is 12.1. The van der Waals surface area contributed by atoms with Crippen LogP contribution in [0.15, 0.2) is 23.8 Å². The van der Waals surface area contributed by atoms with Gasteiger partial charge in [-0.15, -0.1) is 11.3 Å². The monoisotopic (exact) mass is 332 g/mol. The van der Waals surface area contributed by atoms with Gasteiger partial charge in [-0.2, -0.15) is 0 Å². The standard InChI is InChI=1S/C16H20N4O2S/c1-11-5-13(23-7-11)15(21)17-8-16(22)3-4-20(9-16)14-6-12(2)18-10-19-14/h5-7,10,22H,3-4,8-9H2,1-2H3,(H,17,21). The smallest absolute Gasteiger partial charge is 0.261 e. The van der Waals surface area contributed by atoms with Gasteiger partial charge < -0.3 is 15.3 Å². The van der Waals surface area contributed by atoms with Gasteiger partial charge in [-0.1, -0.05) is 0 Å². The SMILES string of the molecule is Cc1csc(C(=O)NCC2(O)CCN(c3cc(C)ncn3)C2)c1. The number of nitrogens with one attached hydrogen (secondary N) is 1. The summed E-state index contributed by atoms with van der Waals surface area (Å²) in [6.45, 7) is 5.27. The van der Waals surface area contributed by atoms with Gasteiger partial charge in [0.15, 0.2) is 0 Å². The Morgan fingerprint density at radius 3 is 2.96 bits per heavy atom. The van der Waals surface area contributed by atoms with E-state index in [4.69, 9.17) is 0 Å². The average Bonchev–Trinajstić information content (AvgIpc) is 3.12. The van der Waals surface area contributed by atoms with Gasteiger partial charge in [-0.3, -0.25) is 4.79 Å². The summed E-state index contributed by atoms with van der Waals surface area (Å²) in [5.41, 5.74) is 1.04. The van der Waals surface area contributed by atoms with Crippen LogP contribution >= 0.6 is 11.3 Å². The van der Waals surface area contributed by atoms with Crippen molar-refractivity contribution in [3.8, 4) is 0 Å². The normalized spacial score (nSPS) is 20.7. The lowest BCUT2D eigenvalue weighted by Gasteiger charge is -2.24. The molecule has 1 atom stereocenters. The third kappa shape index (κ3) is 3.68. The van der Waals surface area contributed by atoms with E-state index in [2.05, 4.69) is 15.3 Å². The molecular formula is C16H20N4O2S. The number of thiophene rings is 1. The quantitative estimate of drug-likeness (QED) is 0.888. The minimum absolute atomic E-state index is 0.132. The number of amides is 1. The zero-order valence-electron chi connectivity index (χ0n) is 13.2. The molecule has 23 heavy (non-hydrogen) atoms. The van der Waals surface area contributed by atoms with E-state index in [1.807, 2.05) is 36.3 Å². The molecule has 122 valence electrons. The zero-order valence-corrected chi connectivity index (χ0v) is 14.1. The number of anilines is 1. The first-order chi connectivity index (χ1) is 11.0. The van der Waals surface area contributed by atoms with Crippen LogP contribution < -0.4 is 10.2 Å². The number of aliphatic hydroxyl groups is 1. The second-order valence-corrected chi connectivity index (χ2v) is 7.00. The summed E-state index contributed by atoms with van der Waals surface area (Å²) in [7, 11) is 0. The van der Waals surface area contributed by atoms with Crippen molar-refractivity contribution in [3.63, 3.8) is 0 Å². The second kappa shape index (κ2) is 6.25. The number of rotatable bonds is 4. The molecule has 1 aliphatic rings. The molecule has 2 N–H and O–H groups in total. The molecule has 1 aliphatic heterocycles. The summed E-state index contributed by atoms with van der Waals surface area (Å²) in [4.78, 5) is 23.1.